The van der Waals surface area contributed by atoms with E-state index in [1.165, 1.54) is 30.5 Å². The standard InChI is InChI=1S/C17H20FN3O4S/c1-25-9-8-20-6-7-21-12-14(10-16(21)17(20)22)26(23,24)19-11-13-4-2-3-5-15(13)18/h2-5,10,12,19H,6-9,11H2,1H3. The Balaban J connectivity index is 1.76. The van der Waals surface area contributed by atoms with E-state index in [-0.39, 0.29) is 22.9 Å². The molecule has 1 aliphatic heterocycles. The normalized spacial score (nSPS) is 14.5. The highest BCUT2D eigenvalue weighted by Gasteiger charge is 2.28. The number of rotatable bonds is 7. The summed E-state index contributed by atoms with van der Waals surface area (Å²) in [6.07, 6.45) is 1.44. The molecule has 1 aliphatic rings. The van der Waals surface area contributed by atoms with Gasteiger partial charge in [0, 0.05) is 45.0 Å². The highest BCUT2D eigenvalue weighted by molar-refractivity contribution is 7.89. The summed E-state index contributed by atoms with van der Waals surface area (Å²) in [6, 6.07) is 7.31. The van der Waals surface area contributed by atoms with Crippen LogP contribution in [0.4, 0.5) is 4.39 Å². The number of sulfonamides is 1. The average molecular weight is 381 g/mol. The van der Waals surface area contributed by atoms with Gasteiger partial charge in [-0.2, -0.15) is 0 Å². The Morgan fingerprint density at radius 2 is 2.04 bits per heavy atom. The minimum atomic E-state index is -3.86. The van der Waals surface area contributed by atoms with Gasteiger partial charge in [0.05, 0.1) is 6.61 Å². The molecule has 0 aliphatic carbocycles. The smallest absolute Gasteiger partial charge is 0.270 e. The van der Waals surface area contributed by atoms with Crippen LogP contribution in [0.5, 0.6) is 0 Å². The highest BCUT2D eigenvalue weighted by atomic mass is 32.2. The van der Waals surface area contributed by atoms with Crippen LogP contribution in [0.3, 0.4) is 0 Å². The van der Waals surface area contributed by atoms with E-state index in [1.54, 1.807) is 22.6 Å². The van der Waals surface area contributed by atoms with Crippen molar-refractivity contribution in [1.29, 1.82) is 0 Å². The van der Waals surface area contributed by atoms with Crippen LogP contribution in [-0.2, 0) is 27.8 Å². The third-order valence-corrected chi connectivity index (χ3v) is 5.64. The number of amides is 1. The zero-order valence-corrected chi connectivity index (χ0v) is 15.1. The lowest BCUT2D eigenvalue weighted by Crippen LogP contribution is -2.41. The molecule has 2 heterocycles. The van der Waals surface area contributed by atoms with Crippen LogP contribution in [-0.4, -0.2) is 50.6 Å². The van der Waals surface area contributed by atoms with Crippen molar-refractivity contribution < 1.29 is 22.3 Å². The zero-order chi connectivity index (χ0) is 18.7. The average Bonchev–Trinajstić information content (AvgIpc) is 3.07. The van der Waals surface area contributed by atoms with Gasteiger partial charge in [-0.3, -0.25) is 4.79 Å². The molecule has 1 aromatic heterocycles. The number of methoxy groups -OCH3 is 1. The Labute approximate surface area is 151 Å². The number of hydrogen-bond acceptors (Lipinski definition) is 4. The second-order valence-corrected chi connectivity index (χ2v) is 7.72. The first-order valence-electron chi connectivity index (χ1n) is 8.14. The van der Waals surface area contributed by atoms with Crippen molar-refractivity contribution in [2.45, 2.75) is 18.0 Å². The topological polar surface area (TPSA) is 80.6 Å². The molecular formula is C17H20FN3O4S. The van der Waals surface area contributed by atoms with Gasteiger partial charge in [-0.25, -0.2) is 17.5 Å². The van der Waals surface area contributed by atoms with Gasteiger partial charge in [0.25, 0.3) is 5.91 Å². The Morgan fingerprint density at radius 3 is 2.77 bits per heavy atom. The van der Waals surface area contributed by atoms with Gasteiger partial charge >= 0.3 is 0 Å². The summed E-state index contributed by atoms with van der Waals surface area (Å²) >= 11 is 0. The lowest BCUT2D eigenvalue weighted by atomic mass is 10.2. The highest BCUT2D eigenvalue weighted by Crippen LogP contribution is 2.20. The van der Waals surface area contributed by atoms with E-state index in [9.17, 15) is 17.6 Å². The molecule has 9 heteroatoms. The van der Waals surface area contributed by atoms with Crippen LogP contribution < -0.4 is 4.72 Å². The molecule has 0 saturated carbocycles. The molecule has 1 N–H and O–H groups in total. The quantitative estimate of drug-likeness (QED) is 0.782. The fourth-order valence-electron chi connectivity index (χ4n) is 2.80. The maximum absolute atomic E-state index is 13.6. The van der Waals surface area contributed by atoms with Crippen molar-refractivity contribution in [2.24, 2.45) is 0 Å². The van der Waals surface area contributed by atoms with E-state index in [2.05, 4.69) is 4.72 Å². The van der Waals surface area contributed by atoms with Gasteiger partial charge in [0.1, 0.15) is 16.4 Å². The monoisotopic (exact) mass is 381 g/mol. The maximum atomic E-state index is 13.6. The summed E-state index contributed by atoms with van der Waals surface area (Å²) in [6.45, 7) is 1.71. The molecule has 0 spiro atoms. The second-order valence-electron chi connectivity index (χ2n) is 5.96. The van der Waals surface area contributed by atoms with Crippen molar-refractivity contribution in [1.82, 2.24) is 14.2 Å². The molecule has 3 rings (SSSR count). The van der Waals surface area contributed by atoms with Gasteiger partial charge in [-0.15, -0.1) is 0 Å². The van der Waals surface area contributed by atoms with E-state index >= 15 is 0 Å². The third-order valence-electron chi connectivity index (χ3n) is 4.27. The first kappa shape index (κ1) is 18.6. The molecular weight excluding hydrogens is 361 g/mol. The van der Waals surface area contributed by atoms with Crippen molar-refractivity contribution in [3.05, 3.63) is 53.6 Å². The van der Waals surface area contributed by atoms with E-state index in [1.807, 2.05) is 0 Å². The van der Waals surface area contributed by atoms with E-state index < -0.39 is 15.8 Å². The summed E-state index contributed by atoms with van der Waals surface area (Å²) in [5.74, 6) is -0.709. The van der Waals surface area contributed by atoms with Crippen LogP contribution in [0, 0.1) is 5.82 Å². The van der Waals surface area contributed by atoms with Crippen molar-refractivity contribution in [2.75, 3.05) is 26.8 Å². The zero-order valence-electron chi connectivity index (χ0n) is 14.3. The molecule has 140 valence electrons. The Morgan fingerprint density at radius 1 is 1.27 bits per heavy atom. The summed E-state index contributed by atoms with van der Waals surface area (Å²) in [5, 5.41) is 0. The lowest BCUT2D eigenvalue weighted by Gasteiger charge is -2.27. The van der Waals surface area contributed by atoms with Gasteiger partial charge in [0.2, 0.25) is 10.0 Å². The van der Waals surface area contributed by atoms with Crippen molar-refractivity contribution in [3.8, 4) is 0 Å². The number of benzene rings is 1. The van der Waals surface area contributed by atoms with Gasteiger partial charge in [-0.1, -0.05) is 18.2 Å². The van der Waals surface area contributed by atoms with Gasteiger partial charge in [0.15, 0.2) is 0 Å². The first-order chi connectivity index (χ1) is 12.4. The second kappa shape index (κ2) is 7.56. The van der Waals surface area contributed by atoms with Crippen LogP contribution in [0.25, 0.3) is 0 Å². The number of ether oxygens (including phenoxy) is 1. The van der Waals surface area contributed by atoms with Gasteiger partial charge in [-0.05, 0) is 12.1 Å². The number of fused-ring (bicyclic) bond motifs is 1. The molecule has 1 amide bonds. The number of carbonyl (C=O) groups excluding carboxylic acids is 1. The summed E-state index contributed by atoms with van der Waals surface area (Å²) in [4.78, 5) is 14.1. The van der Waals surface area contributed by atoms with E-state index in [0.717, 1.165) is 0 Å². The Hall–Kier alpha value is -2.23. The summed E-state index contributed by atoms with van der Waals surface area (Å²) in [5.41, 5.74) is 0.570. The van der Waals surface area contributed by atoms with E-state index in [0.29, 0.717) is 31.9 Å². The molecule has 1 aromatic carbocycles. The molecule has 0 saturated heterocycles. The first-order valence-corrected chi connectivity index (χ1v) is 9.62. The third kappa shape index (κ3) is 3.79. The van der Waals surface area contributed by atoms with Crippen molar-refractivity contribution in [3.63, 3.8) is 0 Å². The number of nitrogens with one attached hydrogen (secondary N) is 1. The Kier molecular flexibility index (Phi) is 5.40. The molecule has 7 nitrogen and oxygen atoms in total. The summed E-state index contributed by atoms with van der Waals surface area (Å²) < 4.78 is 47.6. The van der Waals surface area contributed by atoms with E-state index in [4.69, 9.17) is 4.74 Å². The number of halogens is 1. The number of aromatic nitrogens is 1. The molecule has 0 bridgehead atoms. The predicted molar refractivity (Wildman–Crippen MR) is 92.6 cm³/mol. The number of nitrogens with zero attached hydrogens (tertiary/aromatic N) is 2. The van der Waals surface area contributed by atoms with Crippen molar-refractivity contribution >= 4 is 15.9 Å². The molecule has 26 heavy (non-hydrogen) atoms. The number of hydrogen-bond donors (Lipinski definition) is 1. The fourth-order valence-corrected chi connectivity index (χ4v) is 3.84. The number of carbonyl (C=O) groups is 1. The van der Waals surface area contributed by atoms with Crippen LogP contribution in [0.15, 0.2) is 41.4 Å². The Bertz CT molecular complexity index is 910. The largest absolute Gasteiger partial charge is 0.383 e. The minimum Gasteiger partial charge on any atom is -0.383 e. The van der Waals surface area contributed by atoms with Crippen LogP contribution in [0.1, 0.15) is 16.1 Å². The van der Waals surface area contributed by atoms with Gasteiger partial charge < -0.3 is 14.2 Å². The van der Waals surface area contributed by atoms with Crippen LogP contribution >= 0.6 is 0 Å². The minimum absolute atomic E-state index is 0.00854. The fraction of sp³-hybridized carbons (Fsp3) is 0.353. The molecule has 0 unspecified atom stereocenters. The molecule has 0 fully saturated rings. The SMILES string of the molecule is COCCN1CCn2cc(S(=O)(=O)NCc3ccccc3F)cc2C1=O. The molecule has 0 radical (unpaired) electrons. The summed E-state index contributed by atoms with van der Waals surface area (Å²) in [7, 11) is -2.30. The maximum Gasteiger partial charge on any atom is 0.270 e. The lowest BCUT2D eigenvalue weighted by molar-refractivity contribution is 0.0641. The van der Waals surface area contributed by atoms with Crippen LogP contribution in [0.2, 0.25) is 0 Å². The predicted octanol–water partition coefficient (Wildman–Crippen LogP) is 1.21. The molecule has 2 aromatic rings. The molecule has 0 atom stereocenters.